The molecule has 1 rings (SSSR count). The van der Waals surface area contributed by atoms with Gasteiger partial charge in [0.2, 0.25) is 0 Å². The van der Waals surface area contributed by atoms with Crippen LogP contribution < -0.4 is 10.5 Å². The molecular formula is C6H8ClN3O. The second-order valence-corrected chi connectivity index (χ2v) is 2.17. The highest BCUT2D eigenvalue weighted by Crippen LogP contribution is 2.25. The van der Waals surface area contributed by atoms with Gasteiger partial charge in [-0.1, -0.05) is 11.6 Å². The van der Waals surface area contributed by atoms with Gasteiger partial charge >= 0.3 is 0 Å². The first-order valence-corrected chi connectivity index (χ1v) is 3.52. The van der Waals surface area contributed by atoms with E-state index in [0.29, 0.717) is 12.4 Å². The number of nitrogen functional groups attached to an aromatic ring is 1. The predicted octanol–water partition coefficient (Wildman–Crippen LogP) is 1.11. The van der Waals surface area contributed by atoms with Crippen LogP contribution in [0.25, 0.3) is 0 Å². The lowest BCUT2D eigenvalue weighted by atomic mass is 10.5. The fraction of sp³-hybridized carbons (Fsp3) is 0.333. The SMILES string of the molecule is CCOc1c(N)ncnc1Cl. The van der Waals surface area contributed by atoms with E-state index in [1.807, 2.05) is 6.92 Å². The third-order valence-corrected chi connectivity index (χ3v) is 1.35. The molecule has 4 nitrogen and oxygen atoms in total. The molecule has 0 aliphatic heterocycles. The standard InChI is InChI=1S/C6H8ClN3O/c1-2-11-4-5(7)9-3-10-6(4)8/h3H,2H2,1H3,(H2,8,9,10). The van der Waals surface area contributed by atoms with E-state index in [1.165, 1.54) is 6.33 Å². The zero-order valence-corrected chi connectivity index (χ0v) is 6.80. The molecule has 5 heteroatoms. The van der Waals surface area contributed by atoms with Gasteiger partial charge in [0, 0.05) is 0 Å². The number of aromatic nitrogens is 2. The highest BCUT2D eigenvalue weighted by molar-refractivity contribution is 6.31. The summed E-state index contributed by atoms with van der Waals surface area (Å²) in [5, 5.41) is 0.249. The average molecular weight is 174 g/mol. The fourth-order valence-electron chi connectivity index (χ4n) is 0.643. The van der Waals surface area contributed by atoms with Gasteiger partial charge in [-0.15, -0.1) is 0 Å². The maximum absolute atomic E-state index is 5.65. The molecule has 0 saturated carbocycles. The van der Waals surface area contributed by atoms with Gasteiger partial charge in [-0.05, 0) is 6.92 Å². The Bertz CT molecular complexity index is 233. The molecular weight excluding hydrogens is 166 g/mol. The second-order valence-electron chi connectivity index (χ2n) is 1.81. The first-order valence-electron chi connectivity index (χ1n) is 3.14. The van der Waals surface area contributed by atoms with Gasteiger partial charge in [0.05, 0.1) is 6.61 Å². The summed E-state index contributed by atoms with van der Waals surface area (Å²) in [6.07, 6.45) is 1.29. The van der Waals surface area contributed by atoms with Crippen molar-refractivity contribution in [2.75, 3.05) is 12.3 Å². The maximum Gasteiger partial charge on any atom is 0.198 e. The average Bonchev–Trinajstić information content (AvgIpc) is 1.97. The van der Waals surface area contributed by atoms with Crippen LogP contribution in [0.2, 0.25) is 5.15 Å². The highest BCUT2D eigenvalue weighted by atomic mass is 35.5. The number of hydrogen-bond donors (Lipinski definition) is 1. The highest BCUT2D eigenvalue weighted by Gasteiger charge is 2.06. The number of halogens is 1. The van der Waals surface area contributed by atoms with Crippen LogP contribution in [0.1, 0.15) is 6.92 Å². The summed E-state index contributed by atoms with van der Waals surface area (Å²) in [5.74, 6) is 0.628. The molecule has 60 valence electrons. The van der Waals surface area contributed by atoms with Crippen LogP contribution in [0.5, 0.6) is 5.75 Å². The zero-order chi connectivity index (χ0) is 8.27. The van der Waals surface area contributed by atoms with Crippen LogP contribution >= 0.6 is 11.6 Å². The van der Waals surface area contributed by atoms with E-state index < -0.39 is 0 Å². The Morgan fingerprint density at radius 3 is 2.91 bits per heavy atom. The van der Waals surface area contributed by atoms with E-state index in [1.54, 1.807) is 0 Å². The molecule has 0 fully saturated rings. The lowest BCUT2D eigenvalue weighted by molar-refractivity contribution is 0.339. The molecule has 0 radical (unpaired) electrons. The summed E-state index contributed by atoms with van der Waals surface area (Å²) in [6.45, 7) is 2.33. The molecule has 1 heterocycles. The van der Waals surface area contributed by atoms with Gasteiger partial charge in [-0.2, -0.15) is 0 Å². The number of nitrogens with zero attached hydrogens (tertiary/aromatic N) is 2. The molecule has 11 heavy (non-hydrogen) atoms. The minimum atomic E-state index is 0.249. The molecule has 0 bridgehead atoms. The molecule has 0 saturated heterocycles. The van der Waals surface area contributed by atoms with Gasteiger partial charge in [-0.25, -0.2) is 9.97 Å². The van der Waals surface area contributed by atoms with E-state index in [4.69, 9.17) is 22.1 Å². The van der Waals surface area contributed by atoms with Gasteiger partial charge in [0.1, 0.15) is 6.33 Å². The van der Waals surface area contributed by atoms with Crippen LogP contribution in [-0.2, 0) is 0 Å². The molecule has 1 aromatic heterocycles. The summed E-state index contributed by atoms with van der Waals surface area (Å²) >= 11 is 5.65. The smallest absolute Gasteiger partial charge is 0.198 e. The van der Waals surface area contributed by atoms with Crippen LogP contribution in [0, 0.1) is 0 Å². The molecule has 0 aliphatic carbocycles. The molecule has 0 atom stereocenters. The Morgan fingerprint density at radius 1 is 1.64 bits per heavy atom. The van der Waals surface area contributed by atoms with Crippen LogP contribution in [0.4, 0.5) is 5.82 Å². The van der Waals surface area contributed by atoms with Crippen molar-refractivity contribution in [1.29, 1.82) is 0 Å². The lowest BCUT2D eigenvalue weighted by Crippen LogP contribution is -2.00. The predicted molar refractivity (Wildman–Crippen MR) is 42.6 cm³/mol. The van der Waals surface area contributed by atoms with Crippen molar-refractivity contribution in [2.45, 2.75) is 6.92 Å². The Balaban J connectivity index is 3.00. The Kier molecular flexibility index (Phi) is 2.48. The van der Waals surface area contributed by atoms with Crippen molar-refractivity contribution in [3.63, 3.8) is 0 Å². The van der Waals surface area contributed by atoms with Crippen molar-refractivity contribution >= 4 is 17.4 Å². The van der Waals surface area contributed by atoms with E-state index in [-0.39, 0.29) is 11.0 Å². The van der Waals surface area contributed by atoms with Gasteiger partial charge < -0.3 is 10.5 Å². The maximum atomic E-state index is 5.65. The van der Waals surface area contributed by atoms with Crippen molar-refractivity contribution < 1.29 is 4.74 Å². The first kappa shape index (κ1) is 8.07. The molecule has 1 aromatic rings. The van der Waals surface area contributed by atoms with E-state index >= 15 is 0 Å². The van der Waals surface area contributed by atoms with Gasteiger partial charge in [0.25, 0.3) is 0 Å². The lowest BCUT2D eigenvalue weighted by Gasteiger charge is -2.05. The number of anilines is 1. The normalized spacial score (nSPS) is 9.64. The van der Waals surface area contributed by atoms with Crippen LogP contribution in [-0.4, -0.2) is 16.6 Å². The number of nitrogens with two attached hydrogens (primary N) is 1. The second kappa shape index (κ2) is 3.39. The monoisotopic (exact) mass is 173 g/mol. The van der Waals surface area contributed by atoms with Crippen molar-refractivity contribution in [1.82, 2.24) is 9.97 Å². The van der Waals surface area contributed by atoms with Gasteiger partial charge in [0.15, 0.2) is 16.7 Å². The summed E-state index contributed by atoms with van der Waals surface area (Å²) in [5.41, 5.74) is 5.45. The number of ether oxygens (including phenoxy) is 1. The third kappa shape index (κ3) is 1.71. The van der Waals surface area contributed by atoms with Crippen molar-refractivity contribution in [2.24, 2.45) is 0 Å². The van der Waals surface area contributed by atoms with Crippen LogP contribution in [0.3, 0.4) is 0 Å². The fourth-order valence-corrected chi connectivity index (χ4v) is 0.838. The molecule has 0 aromatic carbocycles. The minimum Gasteiger partial charge on any atom is -0.487 e. The minimum absolute atomic E-state index is 0.249. The number of hydrogen-bond acceptors (Lipinski definition) is 4. The molecule has 2 N–H and O–H groups in total. The Labute approximate surface area is 69.4 Å². The largest absolute Gasteiger partial charge is 0.487 e. The van der Waals surface area contributed by atoms with E-state index in [0.717, 1.165) is 0 Å². The molecule has 0 spiro atoms. The Morgan fingerprint density at radius 2 is 2.36 bits per heavy atom. The van der Waals surface area contributed by atoms with Crippen LogP contribution in [0.15, 0.2) is 6.33 Å². The first-order chi connectivity index (χ1) is 5.25. The van der Waals surface area contributed by atoms with E-state index in [9.17, 15) is 0 Å². The summed E-state index contributed by atoms with van der Waals surface area (Å²) in [6, 6.07) is 0. The third-order valence-electron chi connectivity index (χ3n) is 1.08. The summed E-state index contributed by atoms with van der Waals surface area (Å²) < 4.78 is 5.09. The molecule has 0 aliphatic rings. The van der Waals surface area contributed by atoms with Gasteiger partial charge in [-0.3, -0.25) is 0 Å². The molecule has 0 amide bonds. The molecule has 0 unspecified atom stereocenters. The van der Waals surface area contributed by atoms with E-state index in [2.05, 4.69) is 9.97 Å². The Hall–Kier alpha value is -1.03. The number of rotatable bonds is 2. The van der Waals surface area contributed by atoms with Crippen molar-refractivity contribution in [3.8, 4) is 5.75 Å². The summed E-state index contributed by atoms with van der Waals surface area (Å²) in [4.78, 5) is 7.42. The quantitative estimate of drug-likeness (QED) is 0.681. The summed E-state index contributed by atoms with van der Waals surface area (Å²) in [7, 11) is 0. The zero-order valence-electron chi connectivity index (χ0n) is 6.04. The van der Waals surface area contributed by atoms with Crippen molar-refractivity contribution in [3.05, 3.63) is 11.5 Å². The topological polar surface area (TPSA) is 61.0 Å².